The number of hydrogen-bond acceptors (Lipinski definition) is 1. The Morgan fingerprint density at radius 1 is 1.12 bits per heavy atom. The molecule has 0 aliphatic carbocycles. The molecule has 8 heavy (non-hydrogen) atoms. The molecule has 0 rings (SSSR count). The molecule has 1 nitrogen and oxygen atoms in total. The Bertz CT molecular complexity index is 27.7. The van der Waals surface area contributed by atoms with Crippen molar-refractivity contribution in [1.29, 1.82) is 0 Å². The quantitative estimate of drug-likeness (QED) is 0.415. The first kappa shape index (κ1) is 10.9. The largest absolute Gasteiger partial charge is 0.330 e. The SMILES string of the molecule is B.CCCCCCN. The lowest BCUT2D eigenvalue weighted by Gasteiger charge is -1.90. The Morgan fingerprint density at radius 2 is 1.75 bits per heavy atom. The van der Waals surface area contributed by atoms with Gasteiger partial charge in [0, 0.05) is 0 Å². The van der Waals surface area contributed by atoms with Crippen LogP contribution in [0, 0.1) is 0 Å². The molecule has 0 heterocycles. The van der Waals surface area contributed by atoms with Crippen molar-refractivity contribution < 1.29 is 0 Å². The Kier molecular flexibility index (Phi) is 13.8. The van der Waals surface area contributed by atoms with E-state index < -0.39 is 0 Å². The molecule has 50 valence electrons. The van der Waals surface area contributed by atoms with Crippen molar-refractivity contribution in [2.75, 3.05) is 6.54 Å². The maximum atomic E-state index is 5.27. The van der Waals surface area contributed by atoms with Crippen LogP contribution in [0.15, 0.2) is 0 Å². The first-order chi connectivity index (χ1) is 3.41. The van der Waals surface area contributed by atoms with Gasteiger partial charge in [0.2, 0.25) is 0 Å². The second-order valence-corrected chi connectivity index (χ2v) is 1.85. The smallest absolute Gasteiger partial charge is 0.0814 e. The first-order valence-corrected chi connectivity index (χ1v) is 3.12. The van der Waals surface area contributed by atoms with Crippen LogP contribution in [0.25, 0.3) is 0 Å². The van der Waals surface area contributed by atoms with Gasteiger partial charge in [0.1, 0.15) is 0 Å². The summed E-state index contributed by atoms with van der Waals surface area (Å²) in [6.07, 6.45) is 5.16. The molecule has 0 saturated heterocycles. The van der Waals surface area contributed by atoms with Crippen LogP contribution >= 0.6 is 0 Å². The summed E-state index contributed by atoms with van der Waals surface area (Å²) in [5.41, 5.74) is 5.27. The highest BCUT2D eigenvalue weighted by molar-refractivity contribution is 5.75. The molecule has 0 atom stereocenters. The average molecular weight is 115 g/mol. The summed E-state index contributed by atoms with van der Waals surface area (Å²) in [7, 11) is 0. The molecule has 2 N–H and O–H groups in total. The highest BCUT2D eigenvalue weighted by Gasteiger charge is 1.80. The lowest BCUT2D eigenvalue weighted by atomic mass is 10.2. The summed E-state index contributed by atoms with van der Waals surface area (Å²) in [5, 5.41) is 0. The van der Waals surface area contributed by atoms with Gasteiger partial charge < -0.3 is 5.73 Å². The molecule has 0 radical (unpaired) electrons. The molecule has 0 aromatic rings. The molecule has 0 unspecified atom stereocenters. The molecule has 0 amide bonds. The number of unbranched alkanes of at least 4 members (excludes halogenated alkanes) is 3. The molecular formula is C6H18BN. The van der Waals surface area contributed by atoms with E-state index in [4.69, 9.17) is 5.73 Å². The predicted octanol–water partition coefficient (Wildman–Crippen LogP) is 0.342. The van der Waals surface area contributed by atoms with Crippen LogP contribution < -0.4 is 5.73 Å². The zero-order chi connectivity index (χ0) is 5.54. The van der Waals surface area contributed by atoms with E-state index in [1.165, 1.54) is 25.7 Å². The minimum atomic E-state index is 0. The maximum absolute atomic E-state index is 5.27. The number of nitrogens with two attached hydrogens (primary N) is 1. The Morgan fingerprint density at radius 3 is 2.12 bits per heavy atom. The van der Waals surface area contributed by atoms with Gasteiger partial charge in [0.15, 0.2) is 0 Å². The standard InChI is InChI=1S/C6H15N.BH3/c1-2-3-4-5-6-7;/h2-7H2,1H3;1H3. The zero-order valence-corrected chi connectivity index (χ0v) is 5.11. The topological polar surface area (TPSA) is 26.0 Å². The molecule has 0 fully saturated rings. The van der Waals surface area contributed by atoms with Crippen LogP contribution in [0.5, 0.6) is 0 Å². The molecule has 0 aliphatic rings. The monoisotopic (exact) mass is 115 g/mol. The fraction of sp³-hybridized carbons (Fsp3) is 1.00. The highest BCUT2D eigenvalue weighted by Crippen LogP contribution is 1.95. The van der Waals surface area contributed by atoms with Crippen molar-refractivity contribution in [2.24, 2.45) is 5.73 Å². The highest BCUT2D eigenvalue weighted by atomic mass is 14.5. The summed E-state index contributed by atoms with van der Waals surface area (Å²) in [5.74, 6) is 0. The summed E-state index contributed by atoms with van der Waals surface area (Å²) in [6, 6.07) is 0. The van der Waals surface area contributed by atoms with Gasteiger partial charge in [-0.25, -0.2) is 0 Å². The molecular weight excluding hydrogens is 96.9 g/mol. The number of rotatable bonds is 4. The van der Waals surface area contributed by atoms with Crippen LogP contribution in [0.3, 0.4) is 0 Å². The van der Waals surface area contributed by atoms with Crippen LogP contribution in [0.1, 0.15) is 32.6 Å². The van der Waals surface area contributed by atoms with Crippen molar-refractivity contribution in [2.45, 2.75) is 32.6 Å². The molecule has 0 aliphatic heterocycles. The van der Waals surface area contributed by atoms with Gasteiger partial charge in [-0.15, -0.1) is 0 Å². The van der Waals surface area contributed by atoms with E-state index in [0.717, 1.165) is 6.54 Å². The molecule has 0 aromatic carbocycles. The van der Waals surface area contributed by atoms with Gasteiger partial charge in [-0.05, 0) is 13.0 Å². The normalized spacial score (nSPS) is 8.25. The predicted molar refractivity (Wildman–Crippen MR) is 43.1 cm³/mol. The minimum Gasteiger partial charge on any atom is -0.330 e. The average Bonchev–Trinajstić information content (AvgIpc) is 1.69. The van der Waals surface area contributed by atoms with Crippen molar-refractivity contribution in [3.8, 4) is 0 Å². The minimum absolute atomic E-state index is 0. The zero-order valence-electron chi connectivity index (χ0n) is 5.11. The van der Waals surface area contributed by atoms with Gasteiger partial charge in [-0.2, -0.15) is 0 Å². The van der Waals surface area contributed by atoms with E-state index in [1.54, 1.807) is 0 Å². The van der Waals surface area contributed by atoms with Crippen molar-refractivity contribution in [1.82, 2.24) is 0 Å². The van der Waals surface area contributed by atoms with Gasteiger partial charge in [-0.3, -0.25) is 0 Å². The summed E-state index contributed by atoms with van der Waals surface area (Å²) >= 11 is 0. The fourth-order valence-electron chi connectivity index (χ4n) is 0.571. The third-order valence-corrected chi connectivity index (χ3v) is 1.06. The fourth-order valence-corrected chi connectivity index (χ4v) is 0.571. The van der Waals surface area contributed by atoms with E-state index >= 15 is 0 Å². The molecule has 0 bridgehead atoms. The van der Waals surface area contributed by atoms with Crippen molar-refractivity contribution in [3.63, 3.8) is 0 Å². The molecule has 2 heteroatoms. The Balaban J connectivity index is 0. The van der Waals surface area contributed by atoms with Crippen LogP contribution in [0.2, 0.25) is 0 Å². The Labute approximate surface area is 54.2 Å². The first-order valence-electron chi connectivity index (χ1n) is 3.12. The van der Waals surface area contributed by atoms with Crippen LogP contribution in [0.4, 0.5) is 0 Å². The van der Waals surface area contributed by atoms with Gasteiger partial charge in [0.25, 0.3) is 0 Å². The third kappa shape index (κ3) is 9.39. The lowest BCUT2D eigenvalue weighted by Crippen LogP contribution is -1.97. The van der Waals surface area contributed by atoms with E-state index in [9.17, 15) is 0 Å². The third-order valence-electron chi connectivity index (χ3n) is 1.06. The van der Waals surface area contributed by atoms with Crippen molar-refractivity contribution in [3.05, 3.63) is 0 Å². The van der Waals surface area contributed by atoms with E-state index in [1.807, 2.05) is 0 Å². The summed E-state index contributed by atoms with van der Waals surface area (Å²) in [4.78, 5) is 0. The van der Waals surface area contributed by atoms with Crippen molar-refractivity contribution >= 4 is 8.41 Å². The van der Waals surface area contributed by atoms with E-state index in [2.05, 4.69) is 6.92 Å². The van der Waals surface area contributed by atoms with Gasteiger partial charge >= 0.3 is 0 Å². The van der Waals surface area contributed by atoms with Gasteiger partial charge in [0.05, 0.1) is 8.41 Å². The van der Waals surface area contributed by atoms with Crippen LogP contribution in [-0.4, -0.2) is 15.0 Å². The second-order valence-electron chi connectivity index (χ2n) is 1.85. The van der Waals surface area contributed by atoms with Crippen LogP contribution in [-0.2, 0) is 0 Å². The lowest BCUT2D eigenvalue weighted by molar-refractivity contribution is 0.674. The Hall–Kier alpha value is 0.0249. The van der Waals surface area contributed by atoms with E-state index in [-0.39, 0.29) is 8.41 Å². The van der Waals surface area contributed by atoms with Gasteiger partial charge in [-0.1, -0.05) is 26.2 Å². The second kappa shape index (κ2) is 10.1. The van der Waals surface area contributed by atoms with E-state index in [0.29, 0.717) is 0 Å². The number of hydrogen-bond donors (Lipinski definition) is 1. The summed E-state index contributed by atoms with van der Waals surface area (Å²) in [6.45, 7) is 3.07. The molecule has 0 spiro atoms. The molecule has 0 aromatic heterocycles. The molecule has 0 saturated carbocycles. The maximum Gasteiger partial charge on any atom is 0.0814 e. The summed E-state index contributed by atoms with van der Waals surface area (Å²) < 4.78 is 0.